The van der Waals surface area contributed by atoms with Gasteiger partial charge in [0, 0.05) is 26.6 Å². The number of rotatable bonds is 4. The van der Waals surface area contributed by atoms with E-state index in [4.69, 9.17) is 10.5 Å². The van der Waals surface area contributed by atoms with Crippen LogP contribution in [0.25, 0.3) is 0 Å². The third-order valence-electron chi connectivity index (χ3n) is 3.45. The number of amides is 2. The first-order chi connectivity index (χ1) is 10.1. The zero-order valence-electron chi connectivity index (χ0n) is 12.1. The fourth-order valence-electron chi connectivity index (χ4n) is 2.30. The molecular formula is C15H21N3O3. The Bertz CT molecular complexity index is 492. The number of carbonyl (C=O) groups excluding carboxylic acids is 2. The fourth-order valence-corrected chi connectivity index (χ4v) is 2.30. The SMILES string of the molecule is CC(=O)NC[C@H]1CN(C(=O)[C@H](N)c2ccccc2)CCO1. The van der Waals surface area contributed by atoms with E-state index in [1.54, 1.807) is 4.90 Å². The Labute approximate surface area is 124 Å². The van der Waals surface area contributed by atoms with Crippen LogP contribution in [0.3, 0.4) is 0 Å². The first-order valence-electron chi connectivity index (χ1n) is 7.03. The molecule has 0 aliphatic carbocycles. The highest BCUT2D eigenvalue weighted by Crippen LogP contribution is 2.15. The van der Waals surface area contributed by atoms with Crippen LogP contribution in [0.4, 0.5) is 0 Å². The van der Waals surface area contributed by atoms with Crippen molar-refractivity contribution >= 4 is 11.8 Å². The molecule has 2 rings (SSSR count). The molecule has 3 N–H and O–H groups in total. The maximum Gasteiger partial charge on any atom is 0.244 e. The van der Waals surface area contributed by atoms with Gasteiger partial charge in [-0.2, -0.15) is 0 Å². The van der Waals surface area contributed by atoms with Gasteiger partial charge in [0.15, 0.2) is 0 Å². The van der Waals surface area contributed by atoms with Crippen molar-refractivity contribution in [1.82, 2.24) is 10.2 Å². The molecule has 21 heavy (non-hydrogen) atoms. The van der Waals surface area contributed by atoms with Crippen molar-refractivity contribution in [2.45, 2.75) is 19.1 Å². The van der Waals surface area contributed by atoms with Crippen molar-refractivity contribution in [1.29, 1.82) is 0 Å². The van der Waals surface area contributed by atoms with Gasteiger partial charge >= 0.3 is 0 Å². The zero-order chi connectivity index (χ0) is 15.2. The van der Waals surface area contributed by atoms with Crippen LogP contribution in [-0.4, -0.2) is 49.1 Å². The number of benzene rings is 1. The van der Waals surface area contributed by atoms with Gasteiger partial charge in [-0.15, -0.1) is 0 Å². The van der Waals surface area contributed by atoms with Crippen molar-refractivity contribution in [3.63, 3.8) is 0 Å². The molecular weight excluding hydrogens is 270 g/mol. The van der Waals surface area contributed by atoms with Crippen molar-refractivity contribution in [3.05, 3.63) is 35.9 Å². The second-order valence-corrected chi connectivity index (χ2v) is 5.10. The molecule has 114 valence electrons. The predicted octanol–water partition coefficient (Wildman–Crippen LogP) is 0.0499. The Morgan fingerprint density at radius 3 is 2.81 bits per heavy atom. The molecule has 1 aliphatic rings. The van der Waals surface area contributed by atoms with Gasteiger partial charge < -0.3 is 20.7 Å². The van der Waals surface area contributed by atoms with E-state index in [0.717, 1.165) is 5.56 Å². The Morgan fingerprint density at radius 1 is 1.43 bits per heavy atom. The van der Waals surface area contributed by atoms with Crippen LogP contribution in [0, 0.1) is 0 Å². The molecule has 0 aromatic heterocycles. The van der Waals surface area contributed by atoms with Crippen LogP contribution in [-0.2, 0) is 14.3 Å². The van der Waals surface area contributed by atoms with Gasteiger partial charge in [0.1, 0.15) is 6.04 Å². The third kappa shape index (κ3) is 4.27. The number of morpholine rings is 1. The van der Waals surface area contributed by atoms with Crippen molar-refractivity contribution in [3.8, 4) is 0 Å². The lowest BCUT2D eigenvalue weighted by atomic mass is 10.1. The Kier molecular flexibility index (Phi) is 5.30. The second kappa shape index (κ2) is 7.19. The van der Waals surface area contributed by atoms with Crippen molar-refractivity contribution in [2.24, 2.45) is 5.73 Å². The molecule has 1 aromatic carbocycles. The van der Waals surface area contributed by atoms with Gasteiger partial charge in [-0.3, -0.25) is 9.59 Å². The lowest BCUT2D eigenvalue weighted by Crippen LogP contribution is -2.51. The largest absolute Gasteiger partial charge is 0.373 e. The average molecular weight is 291 g/mol. The quantitative estimate of drug-likeness (QED) is 0.821. The van der Waals surface area contributed by atoms with Crippen LogP contribution in [0.1, 0.15) is 18.5 Å². The van der Waals surface area contributed by atoms with E-state index in [0.29, 0.717) is 26.2 Å². The van der Waals surface area contributed by atoms with Gasteiger partial charge in [-0.25, -0.2) is 0 Å². The molecule has 1 saturated heterocycles. The van der Waals surface area contributed by atoms with E-state index in [1.807, 2.05) is 30.3 Å². The summed E-state index contributed by atoms with van der Waals surface area (Å²) in [6.07, 6.45) is -0.186. The molecule has 1 heterocycles. The molecule has 2 atom stereocenters. The summed E-state index contributed by atoms with van der Waals surface area (Å²) in [6.45, 7) is 3.28. The molecule has 0 radical (unpaired) electrons. The molecule has 0 bridgehead atoms. The molecule has 0 saturated carbocycles. The summed E-state index contributed by atoms with van der Waals surface area (Å²) in [5.41, 5.74) is 6.83. The smallest absolute Gasteiger partial charge is 0.244 e. The topological polar surface area (TPSA) is 84.7 Å². The minimum Gasteiger partial charge on any atom is -0.373 e. The first-order valence-corrected chi connectivity index (χ1v) is 7.03. The summed E-state index contributed by atoms with van der Waals surface area (Å²) in [4.78, 5) is 25.1. The number of nitrogens with two attached hydrogens (primary N) is 1. The number of nitrogens with one attached hydrogen (secondary N) is 1. The van der Waals surface area contributed by atoms with Gasteiger partial charge in [0.05, 0.1) is 12.7 Å². The van der Waals surface area contributed by atoms with Crippen LogP contribution in [0.2, 0.25) is 0 Å². The van der Waals surface area contributed by atoms with Crippen LogP contribution in [0.5, 0.6) is 0 Å². The summed E-state index contributed by atoms with van der Waals surface area (Å²) >= 11 is 0. The molecule has 0 unspecified atom stereocenters. The standard InChI is InChI=1S/C15H21N3O3/c1-11(19)17-9-13-10-18(7-8-21-13)15(20)14(16)12-5-3-2-4-6-12/h2-6,13-14H,7-10,16H2,1H3,(H,17,19)/t13-,14+/m0/s1. The summed E-state index contributed by atoms with van der Waals surface area (Å²) < 4.78 is 5.54. The number of hydrogen-bond donors (Lipinski definition) is 2. The summed E-state index contributed by atoms with van der Waals surface area (Å²) in [6, 6.07) is 8.64. The average Bonchev–Trinajstić information content (AvgIpc) is 2.52. The summed E-state index contributed by atoms with van der Waals surface area (Å²) in [5.74, 6) is -0.222. The van der Waals surface area contributed by atoms with Gasteiger partial charge in [0.2, 0.25) is 11.8 Å². The normalized spacial score (nSPS) is 19.9. The maximum absolute atomic E-state index is 12.4. The van der Waals surface area contributed by atoms with E-state index in [1.165, 1.54) is 6.92 Å². The van der Waals surface area contributed by atoms with E-state index in [-0.39, 0.29) is 17.9 Å². The number of hydrogen-bond acceptors (Lipinski definition) is 4. The third-order valence-corrected chi connectivity index (χ3v) is 3.45. The summed E-state index contributed by atoms with van der Waals surface area (Å²) in [7, 11) is 0. The first kappa shape index (κ1) is 15.5. The molecule has 1 aliphatic heterocycles. The Balaban J connectivity index is 1.94. The second-order valence-electron chi connectivity index (χ2n) is 5.10. The number of ether oxygens (including phenoxy) is 1. The molecule has 6 nitrogen and oxygen atoms in total. The van der Waals surface area contributed by atoms with Crippen molar-refractivity contribution < 1.29 is 14.3 Å². The van der Waals surface area contributed by atoms with Gasteiger partial charge in [0.25, 0.3) is 0 Å². The predicted molar refractivity (Wildman–Crippen MR) is 78.4 cm³/mol. The fraction of sp³-hybridized carbons (Fsp3) is 0.467. The van der Waals surface area contributed by atoms with Crippen LogP contribution < -0.4 is 11.1 Å². The maximum atomic E-state index is 12.4. The Hall–Kier alpha value is -1.92. The van der Waals surface area contributed by atoms with Gasteiger partial charge in [-0.1, -0.05) is 30.3 Å². The molecule has 1 aromatic rings. The molecule has 2 amide bonds. The zero-order valence-corrected chi connectivity index (χ0v) is 12.1. The lowest BCUT2D eigenvalue weighted by Gasteiger charge is -2.34. The number of nitrogens with zero attached hydrogens (tertiary/aromatic N) is 1. The summed E-state index contributed by atoms with van der Waals surface area (Å²) in [5, 5.41) is 2.70. The van der Waals surface area contributed by atoms with E-state index in [2.05, 4.69) is 5.32 Å². The number of carbonyl (C=O) groups is 2. The highest BCUT2D eigenvalue weighted by Gasteiger charge is 2.28. The van der Waals surface area contributed by atoms with Gasteiger partial charge in [-0.05, 0) is 5.56 Å². The van der Waals surface area contributed by atoms with Crippen LogP contribution >= 0.6 is 0 Å². The Morgan fingerprint density at radius 2 is 2.14 bits per heavy atom. The van der Waals surface area contributed by atoms with E-state index < -0.39 is 6.04 Å². The minimum absolute atomic E-state index is 0.108. The van der Waals surface area contributed by atoms with Crippen molar-refractivity contribution in [2.75, 3.05) is 26.2 Å². The highest BCUT2D eigenvalue weighted by atomic mass is 16.5. The highest BCUT2D eigenvalue weighted by molar-refractivity contribution is 5.83. The van der Waals surface area contributed by atoms with Crippen LogP contribution in [0.15, 0.2) is 30.3 Å². The molecule has 6 heteroatoms. The molecule has 1 fully saturated rings. The minimum atomic E-state index is -0.661. The van der Waals surface area contributed by atoms with E-state index >= 15 is 0 Å². The molecule has 0 spiro atoms. The van der Waals surface area contributed by atoms with E-state index in [9.17, 15) is 9.59 Å². The lowest BCUT2D eigenvalue weighted by molar-refractivity contribution is -0.140. The monoisotopic (exact) mass is 291 g/mol.